The Balaban J connectivity index is 2.31. The van der Waals surface area contributed by atoms with Crippen molar-refractivity contribution in [2.24, 2.45) is 0 Å². The van der Waals surface area contributed by atoms with E-state index in [0.717, 1.165) is 21.6 Å². The third-order valence-electron chi connectivity index (χ3n) is 3.36. The molecule has 0 aliphatic rings. The Morgan fingerprint density at radius 1 is 1.22 bits per heavy atom. The highest BCUT2D eigenvalue weighted by atomic mass is 32.1. The Kier molecular flexibility index (Phi) is 5.14. The molecule has 0 fully saturated rings. The number of benzene rings is 1. The predicted octanol–water partition coefficient (Wildman–Crippen LogP) is 3.71. The third kappa shape index (κ3) is 3.96. The lowest BCUT2D eigenvalue weighted by Gasteiger charge is -2.04. The van der Waals surface area contributed by atoms with E-state index in [4.69, 9.17) is 5.11 Å². The molecule has 2 rings (SSSR count). The van der Waals surface area contributed by atoms with Crippen LogP contribution in [0.15, 0.2) is 24.3 Å². The average molecular weight is 328 g/mol. The van der Waals surface area contributed by atoms with Crippen molar-refractivity contribution >= 4 is 28.2 Å². The molecule has 0 aliphatic carbocycles. The van der Waals surface area contributed by atoms with E-state index in [2.05, 4.69) is 11.4 Å². The highest BCUT2D eigenvalue weighted by molar-refractivity contribution is 7.17. The van der Waals surface area contributed by atoms with Crippen molar-refractivity contribution in [3.63, 3.8) is 0 Å². The highest BCUT2D eigenvalue weighted by Gasteiger charge is 2.19. The molecular formula is C17H16N2O3S. The predicted molar refractivity (Wildman–Crippen MR) is 89.4 cm³/mol. The van der Waals surface area contributed by atoms with Crippen LogP contribution < -0.4 is 5.32 Å². The number of rotatable bonds is 5. The van der Waals surface area contributed by atoms with Gasteiger partial charge in [-0.3, -0.25) is 9.59 Å². The van der Waals surface area contributed by atoms with E-state index in [1.165, 1.54) is 11.3 Å². The molecule has 2 aromatic rings. The summed E-state index contributed by atoms with van der Waals surface area (Å²) in [4.78, 5) is 23.3. The van der Waals surface area contributed by atoms with Crippen LogP contribution in [0.1, 0.15) is 28.8 Å². The number of anilines is 1. The zero-order valence-electron chi connectivity index (χ0n) is 12.8. The first kappa shape index (κ1) is 16.7. The van der Waals surface area contributed by atoms with Crippen LogP contribution in [0.5, 0.6) is 0 Å². The number of carboxylic acids is 1. The number of nitrogens with zero attached hydrogens (tertiary/aromatic N) is 1. The lowest BCUT2D eigenvalue weighted by atomic mass is 10.0. The molecule has 0 aliphatic heterocycles. The number of hydrogen-bond acceptors (Lipinski definition) is 4. The summed E-state index contributed by atoms with van der Waals surface area (Å²) in [6.07, 6.45) is -0.347. The van der Waals surface area contributed by atoms with Gasteiger partial charge in [-0.15, -0.1) is 11.3 Å². The molecule has 1 aromatic carbocycles. The number of nitrogens with one attached hydrogen (secondary N) is 1. The average Bonchev–Trinajstić information content (AvgIpc) is 2.81. The minimum Gasteiger partial charge on any atom is -0.481 e. The molecule has 0 radical (unpaired) electrons. The van der Waals surface area contributed by atoms with Crippen LogP contribution in [-0.2, 0) is 9.59 Å². The Hall–Kier alpha value is -2.65. The number of carboxylic acid groups (broad SMARTS) is 1. The van der Waals surface area contributed by atoms with E-state index in [1.807, 2.05) is 38.1 Å². The molecule has 2 N–H and O–H groups in total. The van der Waals surface area contributed by atoms with Crippen LogP contribution in [0.25, 0.3) is 11.1 Å². The Morgan fingerprint density at radius 2 is 1.87 bits per heavy atom. The van der Waals surface area contributed by atoms with Crippen molar-refractivity contribution in [2.75, 3.05) is 5.32 Å². The van der Waals surface area contributed by atoms with Crippen LogP contribution in [0.3, 0.4) is 0 Å². The van der Waals surface area contributed by atoms with Gasteiger partial charge >= 0.3 is 5.97 Å². The molecule has 0 bridgehead atoms. The van der Waals surface area contributed by atoms with Crippen LogP contribution >= 0.6 is 11.3 Å². The molecule has 0 saturated heterocycles. The zero-order chi connectivity index (χ0) is 17.0. The maximum absolute atomic E-state index is 11.8. The van der Waals surface area contributed by atoms with Crippen molar-refractivity contribution in [3.05, 3.63) is 40.3 Å². The third-order valence-corrected chi connectivity index (χ3v) is 4.38. The fraction of sp³-hybridized carbons (Fsp3) is 0.235. The van der Waals surface area contributed by atoms with Crippen molar-refractivity contribution < 1.29 is 14.7 Å². The normalized spacial score (nSPS) is 10.1. The number of nitriles is 1. The minimum absolute atomic E-state index is 0.114. The molecule has 23 heavy (non-hydrogen) atoms. The second-order valence-corrected chi connectivity index (χ2v) is 6.38. The summed E-state index contributed by atoms with van der Waals surface area (Å²) in [5.74, 6) is -1.43. The van der Waals surface area contributed by atoms with Gasteiger partial charge in [0.25, 0.3) is 0 Å². The second-order valence-electron chi connectivity index (χ2n) is 5.16. The van der Waals surface area contributed by atoms with E-state index >= 15 is 0 Å². The van der Waals surface area contributed by atoms with E-state index in [0.29, 0.717) is 10.6 Å². The Morgan fingerprint density at radius 3 is 2.43 bits per heavy atom. The van der Waals surface area contributed by atoms with Gasteiger partial charge in [0.05, 0.1) is 12.0 Å². The molecule has 1 aromatic heterocycles. The summed E-state index contributed by atoms with van der Waals surface area (Å²) in [5, 5.41) is 21.2. The molecule has 118 valence electrons. The largest absolute Gasteiger partial charge is 0.481 e. The summed E-state index contributed by atoms with van der Waals surface area (Å²) >= 11 is 1.33. The van der Waals surface area contributed by atoms with Gasteiger partial charge in [-0.2, -0.15) is 5.26 Å². The van der Waals surface area contributed by atoms with Crippen molar-refractivity contribution in [3.8, 4) is 17.2 Å². The summed E-state index contributed by atoms with van der Waals surface area (Å²) in [6.45, 7) is 3.89. The molecule has 0 saturated carbocycles. The van der Waals surface area contributed by atoms with Gasteiger partial charge in [-0.05, 0) is 19.4 Å². The quantitative estimate of drug-likeness (QED) is 0.875. The molecule has 5 nitrogen and oxygen atoms in total. The van der Waals surface area contributed by atoms with Crippen LogP contribution in [0, 0.1) is 25.2 Å². The van der Waals surface area contributed by atoms with Gasteiger partial charge in [0.2, 0.25) is 5.91 Å². The van der Waals surface area contributed by atoms with Crippen LogP contribution in [0.4, 0.5) is 5.00 Å². The Labute approximate surface area is 138 Å². The molecular weight excluding hydrogens is 312 g/mol. The number of carbonyl (C=O) groups is 2. The van der Waals surface area contributed by atoms with E-state index in [9.17, 15) is 14.9 Å². The summed E-state index contributed by atoms with van der Waals surface area (Å²) in [5.41, 5.74) is 3.28. The molecule has 1 amide bonds. The molecule has 6 heteroatoms. The number of aryl methyl sites for hydroxylation is 2. The second kappa shape index (κ2) is 7.07. The first-order chi connectivity index (χ1) is 10.9. The maximum Gasteiger partial charge on any atom is 0.303 e. The van der Waals surface area contributed by atoms with Gasteiger partial charge in [-0.1, -0.05) is 29.8 Å². The van der Waals surface area contributed by atoms with Gasteiger partial charge in [0.1, 0.15) is 11.1 Å². The Bertz CT molecular complexity index is 785. The first-order valence-corrected chi connectivity index (χ1v) is 7.86. The van der Waals surface area contributed by atoms with Gasteiger partial charge in [0, 0.05) is 16.9 Å². The molecule has 1 heterocycles. The van der Waals surface area contributed by atoms with Crippen LogP contribution in [-0.4, -0.2) is 17.0 Å². The van der Waals surface area contributed by atoms with E-state index in [1.54, 1.807) is 0 Å². The highest BCUT2D eigenvalue weighted by Crippen LogP contribution is 2.39. The SMILES string of the molecule is Cc1ccc(-c2c(C)sc(NC(=O)CCC(=O)O)c2C#N)cc1. The van der Waals surface area contributed by atoms with E-state index in [-0.39, 0.29) is 12.8 Å². The standard InChI is InChI=1S/C17H16N2O3S/c1-10-3-5-12(6-4-10)16-11(2)23-17(13(16)9-18)19-14(20)7-8-15(21)22/h3-6H,7-8H2,1-2H3,(H,19,20)(H,21,22). The number of amides is 1. The fourth-order valence-electron chi connectivity index (χ4n) is 2.22. The monoisotopic (exact) mass is 328 g/mol. The fourth-order valence-corrected chi connectivity index (χ4v) is 3.26. The van der Waals surface area contributed by atoms with E-state index < -0.39 is 11.9 Å². The summed E-state index contributed by atoms with van der Waals surface area (Å²) < 4.78 is 0. The number of aliphatic carboxylic acids is 1. The van der Waals surface area contributed by atoms with Crippen LogP contribution in [0.2, 0.25) is 0 Å². The van der Waals surface area contributed by atoms with Gasteiger partial charge < -0.3 is 10.4 Å². The molecule has 0 atom stereocenters. The van der Waals surface area contributed by atoms with Crippen molar-refractivity contribution in [1.29, 1.82) is 5.26 Å². The maximum atomic E-state index is 11.8. The smallest absolute Gasteiger partial charge is 0.303 e. The molecule has 0 spiro atoms. The number of thiophene rings is 1. The lowest BCUT2D eigenvalue weighted by molar-refractivity contribution is -0.138. The minimum atomic E-state index is -1.02. The lowest BCUT2D eigenvalue weighted by Crippen LogP contribution is -2.13. The number of hydrogen-bond donors (Lipinski definition) is 2. The van der Waals surface area contributed by atoms with Gasteiger partial charge in [0.15, 0.2) is 0 Å². The number of carbonyl (C=O) groups excluding carboxylic acids is 1. The summed E-state index contributed by atoms with van der Waals surface area (Å²) in [7, 11) is 0. The first-order valence-electron chi connectivity index (χ1n) is 7.04. The molecule has 0 unspecified atom stereocenters. The summed E-state index contributed by atoms with van der Waals surface area (Å²) in [6, 6.07) is 9.98. The van der Waals surface area contributed by atoms with Crippen molar-refractivity contribution in [2.45, 2.75) is 26.7 Å². The van der Waals surface area contributed by atoms with Gasteiger partial charge in [-0.25, -0.2) is 0 Å². The zero-order valence-corrected chi connectivity index (χ0v) is 13.7. The van der Waals surface area contributed by atoms with Crippen molar-refractivity contribution in [1.82, 2.24) is 0 Å². The topological polar surface area (TPSA) is 90.2 Å².